The summed E-state index contributed by atoms with van der Waals surface area (Å²) in [6.45, 7) is 40.6. The standard InChI is InChI=1S/C67H70/c1-37-25-28-48-55-42(37)23-20-24-47(55)60-58(49-31-40(64(8,9)10)35-53-56(49)45-29-26-38(62(2,3)4)33-51(45)66(53,14)15)43-21-18-19-22-44(43)59(61(48)60)50-32-41(65(11,12)13)36-54-57(50)46-30-27-39(63(5,6)7)34-52(46)67(54,16)17/h18-36H,1-17H3. The molecule has 0 N–H and O–H groups in total. The first kappa shape index (κ1) is 43.8. The van der Waals surface area contributed by atoms with E-state index in [0.717, 1.165) is 0 Å². The maximum Gasteiger partial charge on any atom is 0.0159 e. The van der Waals surface area contributed by atoms with Gasteiger partial charge in [-0.15, -0.1) is 0 Å². The summed E-state index contributed by atoms with van der Waals surface area (Å²) in [7, 11) is 0. The Morgan fingerprint density at radius 2 is 0.672 bits per heavy atom. The Morgan fingerprint density at radius 3 is 1.09 bits per heavy atom. The topological polar surface area (TPSA) is 0 Å². The van der Waals surface area contributed by atoms with Crippen LogP contribution < -0.4 is 0 Å². The lowest BCUT2D eigenvalue weighted by Crippen LogP contribution is -2.19. The third kappa shape index (κ3) is 6.16. The maximum absolute atomic E-state index is 2.60. The average Bonchev–Trinajstić information content (AvgIpc) is 3.79. The van der Waals surface area contributed by atoms with Crippen molar-refractivity contribution in [2.75, 3.05) is 0 Å². The molecule has 0 nitrogen and oxygen atoms in total. The number of benzene rings is 8. The van der Waals surface area contributed by atoms with Crippen molar-refractivity contribution >= 4 is 21.5 Å². The number of hydrogen-bond donors (Lipinski definition) is 0. The van der Waals surface area contributed by atoms with Crippen LogP contribution in [0.25, 0.3) is 88.3 Å². The molecule has 0 unspecified atom stereocenters. The van der Waals surface area contributed by atoms with Crippen LogP contribution in [0.15, 0.2) is 115 Å². The van der Waals surface area contributed by atoms with Gasteiger partial charge in [0.15, 0.2) is 0 Å². The van der Waals surface area contributed by atoms with Crippen molar-refractivity contribution in [1.29, 1.82) is 0 Å². The van der Waals surface area contributed by atoms with Crippen molar-refractivity contribution in [3.05, 3.63) is 165 Å². The van der Waals surface area contributed by atoms with Crippen LogP contribution >= 0.6 is 0 Å². The van der Waals surface area contributed by atoms with Gasteiger partial charge in [0.2, 0.25) is 0 Å². The molecule has 3 aliphatic carbocycles. The van der Waals surface area contributed by atoms with Gasteiger partial charge in [0.05, 0.1) is 0 Å². The molecule has 0 fully saturated rings. The minimum absolute atomic E-state index is 0.0454. The molecule has 0 spiro atoms. The molecule has 0 saturated carbocycles. The Morgan fingerprint density at radius 1 is 0.299 bits per heavy atom. The normalized spacial score (nSPS) is 15.5. The lowest BCUT2D eigenvalue weighted by atomic mass is 9.74. The fraction of sp³-hybridized carbons (Fsp3) is 0.343. The van der Waals surface area contributed by atoms with E-state index in [1.165, 1.54) is 138 Å². The van der Waals surface area contributed by atoms with Gasteiger partial charge < -0.3 is 0 Å². The predicted molar refractivity (Wildman–Crippen MR) is 291 cm³/mol. The van der Waals surface area contributed by atoms with Crippen molar-refractivity contribution in [2.45, 2.75) is 150 Å². The predicted octanol–water partition coefficient (Wildman–Crippen LogP) is 19.1. The maximum atomic E-state index is 2.60. The van der Waals surface area contributed by atoms with Crippen LogP contribution in [0.1, 0.15) is 161 Å². The second-order valence-electron chi connectivity index (χ2n) is 25.9. The number of fused-ring (bicyclic) bond motifs is 10. The first-order valence-electron chi connectivity index (χ1n) is 25.0. The van der Waals surface area contributed by atoms with Crippen LogP contribution in [0.4, 0.5) is 0 Å². The van der Waals surface area contributed by atoms with Crippen LogP contribution in [-0.2, 0) is 32.5 Å². The Kier molecular flexibility index (Phi) is 8.97. The van der Waals surface area contributed by atoms with E-state index in [2.05, 4.69) is 233 Å². The average molecular weight is 875 g/mol. The van der Waals surface area contributed by atoms with E-state index in [9.17, 15) is 0 Å². The van der Waals surface area contributed by atoms with Crippen LogP contribution in [0.3, 0.4) is 0 Å². The van der Waals surface area contributed by atoms with Gasteiger partial charge in [0, 0.05) is 10.8 Å². The number of aryl methyl sites for hydroxylation is 1. The van der Waals surface area contributed by atoms with Gasteiger partial charge in [-0.2, -0.15) is 0 Å². The summed E-state index contributed by atoms with van der Waals surface area (Å²) in [6.07, 6.45) is 0. The van der Waals surface area contributed by atoms with Crippen molar-refractivity contribution in [2.24, 2.45) is 0 Å². The highest BCUT2D eigenvalue weighted by Crippen LogP contribution is 2.64. The van der Waals surface area contributed by atoms with Gasteiger partial charge in [0.1, 0.15) is 0 Å². The minimum Gasteiger partial charge on any atom is -0.0616 e. The van der Waals surface area contributed by atoms with Crippen molar-refractivity contribution < 1.29 is 0 Å². The summed E-state index contributed by atoms with van der Waals surface area (Å²) in [5.41, 5.74) is 28.6. The molecule has 0 heterocycles. The fourth-order valence-electron chi connectivity index (χ4n) is 12.4. The van der Waals surface area contributed by atoms with Crippen LogP contribution in [-0.4, -0.2) is 0 Å². The largest absolute Gasteiger partial charge is 0.0616 e. The lowest BCUT2D eigenvalue weighted by molar-refractivity contribution is 0.579. The van der Waals surface area contributed by atoms with Crippen LogP contribution in [0.5, 0.6) is 0 Å². The molecule has 8 aromatic carbocycles. The first-order valence-corrected chi connectivity index (χ1v) is 25.0. The highest BCUT2D eigenvalue weighted by Gasteiger charge is 2.43. The van der Waals surface area contributed by atoms with E-state index in [1.54, 1.807) is 0 Å². The molecule has 11 rings (SSSR count). The fourth-order valence-corrected chi connectivity index (χ4v) is 12.4. The second-order valence-corrected chi connectivity index (χ2v) is 25.9. The van der Waals surface area contributed by atoms with Gasteiger partial charge in [-0.1, -0.05) is 214 Å². The summed E-state index contributed by atoms with van der Waals surface area (Å²) < 4.78 is 0. The molecule has 0 aromatic heterocycles. The molecule has 0 heteroatoms. The third-order valence-corrected chi connectivity index (χ3v) is 16.6. The van der Waals surface area contributed by atoms with Crippen LogP contribution in [0, 0.1) is 6.92 Å². The number of rotatable bonds is 2. The molecular weight excluding hydrogens is 805 g/mol. The zero-order chi connectivity index (χ0) is 47.9. The molecular formula is C67H70. The van der Waals surface area contributed by atoms with E-state index in [1.807, 2.05) is 0 Å². The summed E-state index contributed by atoms with van der Waals surface area (Å²) in [5, 5.41) is 5.36. The molecule has 0 atom stereocenters. The van der Waals surface area contributed by atoms with Crippen molar-refractivity contribution in [3.63, 3.8) is 0 Å². The van der Waals surface area contributed by atoms with E-state index >= 15 is 0 Å². The molecule has 0 radical (unpaired) electrons. The van der Waals surface area contributed by atoms with Gasteiger partial charge in [-0.25, -0.2) is 0 Å². The molecule has 0 amide bonds. The zero-order valence-electron chi connectivity index (χ0n) is 43.5. The van der Waals surface area contributed by atoms with Gasteiger partial charge >= 0.3 is 0 Å². The van der Waals surface area contributed by atoms with E-state index in [-0.39, 0.29) is 32.5 Å². The SMILES string of the molecule is Cc1ccc2c3c(cccc13)-c1c-2c(-c2cc(C(C)(C)C)cc3c2-c2ccc(C(C)(C)C)cc2C3(C)C)c2ccccc2c1-c1cc(C(C)(C)C)cc2c1-c1ccc(C(C)(C)C)cc1C2(C)C. The third-order valence-electron chi connectivity index (χ3n) is 16.6. The van der Waals surface area contributed by atoms with Gasteiger partial charge in [-0.05, 0) is 179 Å². The lowest BCUT2D eigenvalue weighted by Gasteiger charge is -2.29. The van der Waals surface area contributed by atoms with E-state index in [0.29, 0.717) is 0 Å². The summed E-state index contributed by atoms with van der Waals surface area (Å²) in [4.78, 5) is 0. The first-order chi connectivity index (χ1) is 31.2. The quantitative estimate of drug-likeness (QED) is 0.162. The molecule has 67 heavy (non-hydrogen) atoms. The smallest absolute Gasteiger partial charge is 0.0159 e. The van der Waals surface area contributed by atoms with E-state index in [4.69, 9.17) is 0 Å². The monoisotopic (exact) mass is 875 g/mol. The molecule has 338 valence electrons. The zero-order valence-corrected chi connectivity index (χ0v) is 43.5. The molecule has 3 aliphatic rings. The van der Waals surface area contributed by atoms with E-state index < -0.39 is 0 Å². The highest BCUT2D eigenvalue weighted by atomic mass is 14.5. The van der Waals surface area contributed by atoms with Crippen LogP contribution in [0.2, 0.25) is 0 Å². The van der Waals surface area contributed by atoms with Gasteiger partial charge in [0.25, 0.3) is 0 Å². The Hall–Kier alpha value is -5.72. The summed E-state index contributed by atoms with van der Waals surface area (Å²) in [5.74, 6) is 0. The number of hydrogen-bond acceptors (Lipinski definition) is 0. The Balaban J connectivity index is 1.35. The minimum atomic E-state index is -0.179. The highest BCUT2D eigenvalue weighted by molar-refractivity contribution is 6.29. The van der Waals surface area contributed by atoms with Crippen molar-refractivity contribution in [1.82, 2.24) is 0 Å². The van der Waals surface area contributed by atoms with Gasteiger partial charge in [-0.3, -0.25) is 0 Å². The Bertz CT molecular complexity index is 3280. The molecule has 0 bridgehead atoms. The molecule has 8 aromatic rings. The summed E-state index contributed by atoms with van der Waals surface area (Å²) >= 11 is 0. The second kappa shape index (κ2) is 13.7. The van der Waals surface area contributed by atoms with Crippen molar-refractivity contribution in [3.8, 4) is 66.8 Å². The summed E-state index contributed by atoms with van der Waals surface area (Å²) in [6, 6.07) is 46.6. The Labute approximate surface area is 401 Å². The molecule has 0 aliphatic heterocycles. The molecule has 0 saturated heterocycles.